The van der Waals surface area contributed by atoms with Gasteiger partial charge in [0.15, 0.2) is 4.96 Å². The van der Waals surface area contributed by atoms with Crippen molar-refractivity contribution in [2.24, 2.45) is 0 Å². The lowest BCUT2D eigenvalue weighted by Crippen LogP contribution is -2.28. The third-order valence-electron chi connectivity index (χ3n) is 4.20. The number of amides is 1. The van der Waals surface area contributed by atoms with Crippen LogP contribution in [0, 0.1) is 20.8 Å². The molecule has 7 heteroatoms. The van der Waals surface area contributed by atoms with Gasteiger partial charge in [0, 0.05) is 41.7 Å². The van der Waals surface area contributed by atoms with Gasteiger partial charge < -0.3 is 9.84 Å². The van der Waals surface area contributed by atoms with Crippen LogP contribution in [0.5, 0.6) is 0 Å². The van der Waals surface area contributed by atoms with Gasteiger partial charge in [-0.2, -0.15) is 0 Å². The van der Waals surface area contributed by atoms with Crippen LogP contribution in [-0.2, 0) is 11.2 Å². The second kappa shape index (κ2) is 6.76. The molecule has 0 aliphatic rings. The molecular formula is C17H22N4O2S. The average molecular weight is 346 g/mol. The summed E-state index contributed by atoms with van der Waals surface area (Å²) in [5.74, 6) is 1.07. The quantitative estimate of drug-likeness (QED) is 0.744. The van der Waals surface area contributed by atoms with Gasteiger partial charge in [-0.15, -0.1) is 11.3 Å². The molecule has 1 N–H and O–H groups in total. The number of rotatable bonds is 6. The number of carbonyl (C=O) groups is 1. The van der Waals surface area contributed by atoms with Gasteiger partial charge in [-0.3, -0.25) is 9.20 Å². The molecule has 24 heavy (non-hydrogen) atoms. The third-order valence-corrected chi connectivity index (χ3v) is 5.09. The van der Waals surface area contributed by atoms with Gasteiger partial charge >= 0.3 is 0 Å². The number of nitrogens with one attached hydrogen (secondary N) is 1. The Morgan fingerprint density at radius 3 is 2.92 bits per heavy atom. The van der Waals surface area contributed by atoms with Crippen molar-refractivity contribution in [1.29, 1.82) is 0 Å². The van der Waals surface area contributed by atoms with E-state index in [9.17, 15) is 4.79 Å². The molecule has 0 saturated heterocycles. The van der Waals surface area contributed by atoms with Gasteiger partial charge in [0.25, 0.3) is 0 Å². The normalized spacial score (nSPS) is 12.7. The maximum Gasteiger partial charge on any atom is 0.220 e. The number of nitrogens with zero attached hydrogens (tertiary/aromatic N) is 3. The van der Waals surface area contributed by atoms with E-state index in [1.54, 1.807) is 11.3 Å². The molecule has 1 atom stereocenters. The minimum atomic E-state index is 0.0600. The number of imidazole rings is 1. The van der Waals surface area contributed by atoms with E-state index >= 15 is 0 Å². The van der Waals surface area contributed by atoms with E-state index in [1.807, 2.05) is 27.0 Å². The van der Waals surface area contributed by atoms with Crippen LogP contribution in [0.25, 0.3) is 4.96 Å². The van der Waals surface area contributed by atoms with Crippen LogP contribution in [0.2, 0.25) is 0 Å². The Labute approximate surface area is 144 Å². The molecule has 0 aliphatic heterocycles. The van der Waals surface area contributed by atoms with Gasteiger partial charge in [0.1, 0.15) is 5.76 Å². The zero-order valence-corrected chi connectivity index (χ0v) is 15.2. The van der Waals surface area contributed by atoms with E-state index in [1.165, 1.54) is 0 Å². The van der Waals surface area contributed by atoms with Gasteiger partial charge in [0.2, 0.25) is 5.91 Å². The summed E-state index contributed by atoms with van der Waals surface area (Å²) in [6, 6.07) is 0. The van der Waals surface area contributed by atoms with E-state index in [-0.39, 0.29) is 11.8 Å². The number of carbonyl (C=O) groups excluding carboxylic acids is 1. The van der Waals surface area contributed by atoms with Crippen LogP contribution in [-0.4, -0.2) is 27.0 Å². The molecule has 3 heterocycles. The first kappa shape index (κ1) is 16.7. The minimum Gasteiger partial charge on any atom is -0.361 e. The molecule has 0 bridgehead atoms. The Kier molecular flexibility index (Phi) is 4.71. The molecule has 0 fully saturated rings. The zero-order valence-electron chi connectivity index (χ0n) is 14.4. The SMILES string of the molecule is Cc1cn2c(CCC(=O)NCC(C)c3c(C)noc3C)csc2n1. The molecule has 0 saturated carbocycles. The third kappa shape index (κ3) is 3.36. The Morgan fingerprint density at radius 2 is 2.21 bits per heavy atom. The monoisotopic (exact) mass is 346 g/mol. The minimum absolute atomic E-state index is 0.0600. The summed E-state index contributed by atoms with van der Waals surface area (Å²) in [6.07, 6.45) is 3.19. The fourth-order valence-electron chi connectivity index (χ4n) is 3.01. The molecular weight excluding hydrogens is 324 g/mol. The zero-order chi connectivity index (χ0) is 17.3. The van der Waals surface area contributed by atoms with Crippen LogP contribution in [0.1, 0.15) is 47.7 Å². The maximum absolute atomic E-state index is 12.2. The highest BCUT2D eigenvalue weighted by molar-refractivity contribution is 7.15. The first-order chi connectivity index (χ1) is 11.5. The van der Waals surface area contributed by atoms with Gasteiger partial charge in [-0.05, 0) is 27.2 Å². The average Bonchev–Trinajstić information content (AvgIpc) is 3.17. The standard InChI is InChI=1S/C17H22N4O2S/c1-10(16-12(3)20-23-13(16)4)7-18-15(22)6-5-14-9-24-17-19-11(2)8-21(14)17/h8-10H,5-7H2,1-4H3,(H,18,22). The summed E-state index contributed by atoms with van der Waals surface area (Å²) < 4.78 is 7.26. The van der Waals surface area contributed by atoms with Crippen molar-refractivity contribution in [1.82, 2.24) is 19.9 Å². The number of aromatic nitrogens is 3. The van der Waals surface area contributed by atoms with Crippen LogP contribution >= 0.6 is 11.3 Å². The second-order valence-electron chi connectivity index (χ2n) is 6.20. The van der Waals surface area contributed by atoms with E-state index in [4.69, 9.17) is 4.52 Å². The fourth-order valence-corrected chi connectivity index (χ4v) is 3.97. The van der Waals surface area contributed by atoms with Crippen molar-refractivity contribution in [3.05, 3.63) is 40.0 Å². The van der Waals surface area contributed by atoms with Crippen molar-refractivity contribution >= 4 is 22.2 Å². The molecule has 0 spiro atoms. The highest BCUT2D eigenvalue weighted by Crippen LogP contribution is 2.22. The molecule has 128 valence electrons. The number of aryl methyl sites for hydroxylation is 4. The molecule has 3 rings (SSSR count). The molecule has 6 nitrogen and oxygen atoms in total. The first-order valence-corrected chi connectivity index (χ1v) is 8.95. The summed E-state index contributed by atoms with van der Waals surface area (Å²) in [7, 11) is 0. The van der Waals surface area contributed by atoms with Crippen LogP contribution in [0.3, 0.4) is 0 Å². The Hall–Kier alpha value is -2.15. The highest BCUT2D eigenvalue weighted by Gasteiger charge is 2.17. The lowest BCUT2D eigenvalue weighted by Gasteiger charge is -2.12. The predicted octanol–water partition coefficient (Wildman–Crippen LogP) is 3.16. The summed E-state index contributed by atoms with van der Waals surface area (Å²) in [5, 5.41) is 9.05. The van der Waals surface area contributed by atoms with Crippen LogP contribution in [0.15, 0.2) is 16.1 Å². The lowest BCUT2D eigenvalue weighted by atomic mass is 9.99. The fraction of sp³-hybridized carbons (Fsp3) is 0.471. The molecule has 0 aliphatic carbocycles. The van der Waals surface area contributed by atoms with E-state index in [0.717, 1.165) is 33.4 Å². The van der Waals surface area contributed by atoms with Crippen LogP contribution in [0.4, 0.5) is 0 Å². The molecule has 0 aromatic carbocycles. The summed E-state index contributed by atoms with van der Waals surface area (Å²) in [5.41, 5.74) is 4.11. The van der Waals surface area contributed by atoms with Gasteiger partial charge in [-0.25, -0.2) is 4.98 Å². The lowest BCUT2D eigenvalue weighted by molar-refractivity contribution is -0.121. The predicted molar refractivity (Wildman–Crippen MR) is 93.5 cm³/mol. The molecule has 1 unspecified atom stereocenters. The van der Waals surface area contributed by atoms with Gasteiger partial charge in [0.05, 0.1) is 11.4 Å². The Bertz CT molecular complexity index is 842. The number of thiazole rings is 1. The van der Waals surface area contributed by atoms with Crippen molar-refractivity contribution in [2.45, 2.75) is 46.5 Å². The maximum atomic E-state index is 12.2. The summed E-state index contributed by atoms with van der Waals surface area (Å²) >= 11 is 1.61. The topological polar surface area (TPSA) is 72.4 Å². The van der Waals surface area contributed by atoms with Crippen molar-refractivity contribution < 1.29 is 9.32 Å². The molecule has 3 aromatic heterocycles. The first-order valence-electron chi connectivity index (χ1n) is 8.07. The number of hydrogen-bond acceptors (Lipinski definition) is 5. The Morgan fingerprint density at radius 1 is 1.42 bits per heavy atom. The summed E-state index contributed by atoms with van der Waals surface area (Å²) in [6.45, 7) is 8.47. The van der Waals surface area contributed by atoms with E-state index in [0.29, 0.717) is 19.4 Å². The molecule has 3 aromatic rings. The van der Waals surface area contributed by atoms with Crippen molar-refractivity contribution in [2.75, 3.05) is 6.54 Å². The largest absolute Gasteiger partial charge is 0.361 e. The second-order valence-corrected chi connectivity index (χ2v) is 7.04. The highest BCUT2D eigenvalue weighted by atomic mass is 32.1. The van der Waals surface area contributed by atoms with Crippen molar-refractivity contribution in [3.63, 3.8) is 0 Å². The summed E-state index contributed by atoms with van der Waals surface area (Å²) in [4.78, 5) is 17.6. The number of hydrogen-bond donors (Lipinski definition) is 1. The van der Waals surface area contributed by atoms with E-state index in [2.05, 4.69) is 32.2 Å². The van der Waals surface area contributed by atoms with E-state index < -0.39 is 0 Å². The number of fused-ring (bicyclic) bond motifs is 1. The molecule has 0 radical (unpaired) electrons. The van der Waals surface area contributed by atoms with Crippen LogP contribution < -0.4 is 5.32 Å². The smallest absolute Gasteiger partial charge is 0.220 e. The molecule has 1 amide bonds. The van der Waals surface area contributed by atoms with Crippen molar-refractivity contribution in [3.8, 4) is 0 Å². The van der Waals surface area contributed by atoms with Gasteiger partial charge in [-0.1, -0.05) is 12.1 Å². The Balaban J connectivity index is 1.52.